The Morgan fingerprint density at radius 2 is 2.12 bits per heavy atom. The standard InChI is InChI=1S/C9H13NO6/c1-9(5-10)13-8(15-16-9)4-2-3-7-11-6-12-14-7/h7-8H,2-4,6H2,1H3/t7?,8-,9-/m0/s1. The average Bonchev–Trinajstić information content (AvgIpc) is 2.90. The molecule has 2 aliphatic rings. The third kappa shape index (κ3) is 2.89. The summed E-state index contributed by atoms with van der Waals surface area (Å²) in [5.74, 6) is -1.30. The van der Waals surface area contributed by atoms with Crippen LogP contribution in [0.15, 0.2) is 0 Å². The molecule has 2 fully saturated rings. The third-order valence-electron chi connectivity index (χ3n) is 2.23. The molecule has 0 aromatic heterocycles. The molecule has 7 nitrogen and oxygen atoms in total. The van der Waals surface area contributed by atoms with Gasteiger partial charge in [-0.15, -0.1) is 0 Å². The average molecular weight is 231 g/mol. The van der Waals surface area contributed by atoms with E-state index in [4.69, 9.17) is 29.4 Å². The van der Waals surface area contributed by atoms with E-state index >= 15 is 0 Å². The molecule has 0 saturated carbocycles. The second-order valence-corrected chi connectivity index (χ2v) is 3.64. The van der Waals surface area contributed by atoms with Gasteiger partial charge >= 0.3 is 0 Å². The minimum absolute atomic E-state index is 0.163. The van der Waals surface area contributed by atoms with Gasteiger partial charge in [0.25, 0.3) is 5.79 Å². The van der Waals surface area contributed by atoms with E-state index in [2.05, 4.69) is 4.89 Å². The van der Waals surface area contributed by atoms with Gasteiger partial charge in [0, 0.05) is 19.8 Å². The lowest BCUT2D eigenvalue weighted by atomic mass is 10.2. The van der Waals surface area contributed by atoms with Crippen LogP contribution in [0.1, 0.15) is 26.2 Å². The van der Waals surface area contributed by atoms with E-state index in [1.54, 1.807) is 0 Å². The van der Waals surface area contributed by atoms with Gasteiger partial charge in [-0.2, -0.15) is 10.1 Å². The molecule has 0 aliphatic carbocycles. The predicted octanol–water partition coefficient (Wildman–Crippen LogP) is 0.963. The van der Waals surface area contributed by atoms with E-state index in [0.717, 1.165) is 6.42 Å². The van der Waals surface area contributed by atoms with Gasteiger partial charge < -0.3 is 9.47 Å². The van der Waals surface area contributed by atoms with Crippen LogP contribution in [-0.2, 0) is 29.0 Å². The zero-order chi connectivity index (χ0) is 11.4. The fourth-order valence-corrected chi connectivity index (χ4v) is 1.41. The molecule has 1 unspecified atom stereocenters. The SMILES string of the molecule is C[C@@]1(C#N)OO[C@@H](CCCC2OCOO2)O1. The quantitative estimate of drug-likeness (QED) is 0.666. The highest BCUT2D eigenvalue weighted by molar-refractivity contribution is 4.90. The molecule has 0 amide bonds. The van der Waals surface area contributed by atoms with Crippen LogP contribution in [0.25, 0.3) is 0 Å². The van der Waals surface area contributed by atoms with Gasteiger partial charge in [0.1, 0.15) is 6.07 Å². The zero-order valence-electron chi connectivity index (χ0n) is 8.88. The Hall–Kier alpha value is -0.750. The van der Waals surface area contributed by atoms with Crippen LogP contribution in [0.2, 0.25) is 0 Å². The maximum Gasteiger partial charge on any atom is 0.288 e. The molecule has 7 heteroatoms. The van der Waals surface area contributed by atoms with E-state index < -0.39 is 12.1 Å². The Labute approximate surface area is 92.6 Å². The van der Waals surface area contributed by atoms with Gasteiger partial charge in [-0.1, -0.05) is 0 Å². The van der Waals surface area contributed by atoms with Gasteiger partial charge in [-0.05, 0) is 6.42 Å². The number of nitriles is 1. The molecule has 0 aromatic carbocycles. The molecular weight excluding hydrogens is 218 g/mol. The molecule has 0 spiro atoms. The first-order valence-corrected chi connectivity index (χ1v) is 5.05. The van der Waals surface area contributed by atoms with Crippen molar-refractivity contribution >= 4 is 0 Å². The molecule has 0 aromatic rings. The van der Waals surface area contributed by atoms with Gasteiger partial charge in [-0.25, -0.2) is 14.7 Å². The summed E-state index contributed by atoms with van der Waals surface area (Å²) >= 11 is 0. The lowest BCUT2D eigenvalue weighted by molar-refractivity contribution is -0.312. The summed E-state index contributed by atoms with van der Waals surface area (Å²) in [6.07, 6.45) is 1.17. The van der Waals surface area contributed by atoms with Crippen molar-refractivity contribution in [3.8, 4) is 6.07 Å². The van der Waals surface area contributed by atoms with Crippen molar-refractivity contribution in [2.45, 2.75) is 44.6 Å². The van der Waals surface area contributed by atoms with Crippen LogP contribution < -0.4 is 0 Å². The molecule has 2 aliphatic heterocycles. The van der Waals surface area contributed by atoms with E-state index in [-0.39, 0.29) is 13.1 Å². The van der Waals surface area contributed by atoms with Crippen LogP contribution in [-0.4, -0.2) is 25.2 Å². The summed E-state index contributed by atoms with van der Waals surface area (Å²) < 4.78 is 10.3. The highest BCUT2D eigenvalue weighted by atomic mass is 17.3. The second kappa shape index (κ2) is 5.05. The topological polar surface area (TPSA) is 79.2 Å². The Morgan fingerprint density at radius 3 is 2.75 bits per heavy atom. The van der Waals surface area contributed by atoms with E-state index in [0.29, 0.717) is 12.8 Å². The third-order valence-corrected chi connectivity index (χ3v) is 2.23. The molecule has 2 heterocycles. The molecule has 2 rings (SSSR count). The Bertz CT molecular complexity index is 274. The van der Waals surface area contributed by atoms with Crippen LogP contribution in [0, 0.1) is 11.3 Å². The van der Waals surface area contributed by atoms with Crippen LogP contribution in [0.3, 0.4) is 0 Å². The summed E-state index contributed by atoms with van der Waals surface area (Å²) in [6, 6.07) is 1.86. The first kappa shape index (κ1) is 11.7. The normalized spacial score (nSPS) is 38.8. The zero-order valence-corrected chi connectivity index (χ0v) is 8.88. The maximum absolute atomic E-state index is 8.70. The van der Waals surface area contributed by atoms with Crippen LogP contribution in [0.4, 0.5) is 0 Å². The lowest BCUT2D eigenvalue weighted by Gasteiger charge is -2.10. The number of hydrogen-bond acceptors (Lipinski definition) is 7. The molecular formula is C9H13NO6. The van der Waals surface area contributed by atoms with Crippen molar-refractivity contribution < 1.29 is 29.0 Å². The van der Waals surface area contributed by atoms with Gasteiger partial charge in [-0.3, -0.25) is 0 Å². The van der Waals surface area contributed by atoms with Gasteiger partial charge in [0.15, 0.2) is 19.4 Å². The largest absolute Gasteiger partial charge is 0.320 e. The molecule has 0 radical (unpaired) electrons. The second-order valence-electron chi connectivity index (χ2n) is 3.64. The van der Waals surface area contributed by atoms with Crippen molar-refractivity contribution in [3.63, 3.8) is 0 Å². The highest BCUT2D eigenvalue weighted by Crippen LogP contribution is 2.27. The molecule has 16 heavy (non-hydrogen) atoms. The predicted molar refractivity (Wildman–Crippen MR) is 46.8 cm³/mol. The molecule has 3 atom stereocenters. The van der Waals surface area contributed by atoms with E-state index in [1.165, 1.54) is 6.92 Å². The highest BCUT2D eigenvalue weighted by Gasteiger charge is 2.39. The van der Waals surface area contributed by atoms with Crippen LogP contribution in [0.5, 0.6) is 0 Å². The minimum atomic E-state index is -1.30. The smallest absolute Gasteiger partial charge is 0.288 e. The number of hydrogen-bond donors (Lipinski definition) is 0. The summed E-state index contributed by atoms with van der Waals surface area (Å²) in [4.78, 5) is 19.0. The summed E-state index contributed by atoms with van der Waals surface area (Å²) in [7, 11) is 0. The Kier molecular flexibility index (Phi) is 3.70. The monoisotopic (exact) mass is 231 g/mol. The first-order valence-electron chi connectivity index (χ1n) is 5.05. The van der Waals surface area contributed by atoms with Crippen molar-refractivity contribution in [1.29, 1.82) is 5.26 Å². The van der Waals surface area contributed by atoms with Crippen molar-refractivity contribution in [2.24, 2.45) is 0 Å². The van der Waals surface area contributed by atoms with Crippen molar-refractivity contribution in [1.82, 2.24) is 0 Å². The molecule has 90 valence electrons. The fourth-order valence-electron chi connectivity index (χ4n) is 1.41. The van der Waals surface area contributed by atoms with Crippen LogP contribution >= 0.6 is 0 Å². The van der Waals surface area contributed by atoms with E-state index in [9.17, 15) is 0 Å². The fraction of sp³-hybridized carbons (Fsp3) is 0.889. The van der Waals surface area contributed by atoms with Gasteiger partial charge in [0.2, 0.25) is 0 Å². The minimum Gasteiger partial charge on any atom is -0.320 e. The summed E-state index contributed by atoms with van der Waals surface area (Å²) in [6.45, 7) is 1.67. The lowest BCUT2D eigenvalue weighted by Crippen LogP contribution is -2.24. The van der Waals surface area contributed by atoms with Gasteiger partial charge in [0.05, 0.1) is 0 Å². The van der Waals surface area contributed by atoms with E-state index in [1.807, 2.05) is 6.07 Å². The first-order chi connectivity index (χ1) is 7.72. The Balaban J connectivity index is 1.62. The number of rotatable bonds is 4. The maximum atomic E-state index is 8.70. The molecule has 2 saturated heterocycles. The summed E-state index contributed by atoms with van der Waals surface area (Å²) in [5.41, 5.74) is 0. The molecule has 0 bridgehead atoms. The Morgan fingerprint density at radius 1 is 1.31 bits per heavy atom. The van der Waals surface area contributed by atoms with Crippen molar-refractivity contribution in [2.75, 3.05) is 6.79 Å². The number of ether oxygens (including phenoxy) is 2. The number of nitrogens with zero attached hydrogens (tertiary/aromatic N) is 1. The van der Waals surface area contributed by atoms with Crippen molar-refractivity contribution in [3.05, 3.63) is 0 Å². The summed E-state index contributed by atoms with van der Waals surface area (Å²) in [5, 5.41) is 8.70. The molecule has 0 N–H and O–H groups in total.